The van der Waals surface area contributed by atoms with Gasteiger partial charge in [-0.05, 0) is 91.5 Å². The van der Waals surface area contributed by atoms with E-state index in [9.17, 15) is 9.90 Å². The fraction of sp³-hybridized carbons (Fsp3) is 0.222. The van der Waals surface area contributed by atoms with E-state index in [1.807, 2.05) is 60.2 Å². The van der Waals surface area contributed by atoms with Crippen LogP contribution in [-0.2, 0) is 4.79 Å². The molecule has 1 aromatic carbocycles. The van der Waals surface area contributed by atoms with E-state index in [-0.39, 0.29) is 11.7 Å². The zero-order valence-corrected chi connectivity index (χ0v) is 18.2. The van der Waals surface area contributed by atoms with Gasteiger partial charge in [0.25, 0.3) is 5.91 Å². The van der Waals surface area contributed by atoms with Gasteiger partial charge in [0.05, 0.1) is 15.1 Å². The summed E-state index contributed by atoms with van der Waals surface area (Å²) in [7, 11) is 0. The number of thiocarbonyl (C=S) groups is 1. The van der Waals surface area contributed by atoms with E-state index in [0.29, 0.717) is 25.2 Å². The van der Waals surface area contributed by atoms with E-state index in [4.69, 9.17) is 17.0 Å². The topological polar surface area (TPSA) is 54.7 Å². The van der Waals surface area contributed by atoms with Crippen molar-refractivity contribution in [2.45, 2.75) is 20.8 Å². The van der Waals surface area contributed by atoms with Gasteiger partial charge in [-0.15, -0.1) is 0 Å². The van der Waals surface area contributed by atoms with Gasteiger partial charge in [0, 0.05) is 11.4 Å². The zero-order chi connectivity index (χ0) is 19.0. The van der Waals surface area contributed by atoms with Crippen molar-refractivity contribution in [1.29, 1.82) is 0 Å². The molecule has 0 saturated carbocycles. The number of ether oxygens (including phenoxy) is 1. The number of nitrogens with zero attached hydrogens (tertiary/aromatic N) is 2. The van der Waals surface area contributed by atoms with Crippen molar-refractivity contribution in [1.82, 2.24) is 4.68 Å². The average molecular weight is 500 g/mol. The van der Waals surface area contributed by atoms with Crippen LogP contribution in [0.4, 0.5) is 0 Å². The molecule has 1 aliphatic heterocycles. The van der Waals surface area contributed by atoms with Crippen LogP contribution in [0, 0.1) is 17.4 Å². The number of phenols is 1. The first-order chi connectivity index (χ1) is 12.3. The number of amides is 1. The maximum Gasteiger partial charge on any atom is 0.285 e. The molecule has 1 aliphatic rings. The van der Waals surface area contributed by atoms with Crippen molar-refractivity contribution in [2.75, 3.05) is 11.6 Å². The largest absolute Gasteiger partial charge is 0.504 e. The quantitative estimate of drug-likeness (QED) is 0.385. The van der Waals surface area contributed by atoms with Gasteiger partial charge in [-0.25, -0.2) is 0 Å². The number of phenolic OH excluding ortho intramolecular Hbond substituents is 1. The molecule has 3 rings (SSSR count). The molecule has 2 heterocycles. The standard InChI is InChI=1S/C18H17IN2O3S2/c1-4-24-14-8-12(7-13(19)16(14)22)9-15-17(23)21(18(25)26-15)20-10(2)5-6-11(20)3/h5-9,22H,4H2,1-3H3/b15-9-. The van der Waals surface area contributed by atoms with Crippen LogP contribution in [0.25, 0.3) is 6.08 Å². The van der Waals surface area contributed by atoms with E-state index in [0.717, 1.165) is 17.0 Å². The number of hydrogen-bond acceptors (Lipinski definition) is 5. The van der Waals surface area contributed by atoms with Crippen molar-refractivity contribution in [3.8, 4) is 11.5 Å². The lowest BCUT2D eigenvalue weighted by molar-refractivity contribution is -0.114. The van der Waals surface area contributed by atoms with Crippen LogP contribution in [0.3, 0.4) is 0 Å². The molecule has 1 aromatic heterocycles. The summed E-state index contributed by atoms with van der Waals surface area (Å²) >= 11 is 8.74. The Bertz CT molecular complexity index is 917. The molecule has 2 aromatic rings. The third kappa shape index (κ3) is 3.49. The summed E-state index contributed by atoms with van der Waals surface area (Å²) in [6.45, 7) is 6.17. The predicted molar refractivity (Wildman–Crippen MR) is 117 cm³/mol. The molecule has 0 atom stereocenters. The molecule has 136 valence electrons. The Labute approximate surface area is 175 Å². The second-order valence-corrected chi connectivity index (χ2v) is 8.54. The monoisotopic (exact) mass is 500 g/mol. The SMILES string of the molecule is CCOc1cc(/C=C2\SC(=S)N(n3c(C)ccc3C)C2=O)cc(I)c1O. The second kappa shape index (κ2) is 7.61. The summed E-state index contributed by atoms with van der Waals surface area (Å²) in [4.78, 5) is 13.5. The van der Waals surface area contributed by atoms with Gasteiger partial charge < -0.3 is 9.84 Å². The second-order valence-electron chi connectivity index (χ2n) is 5.70. The van der Waals surface area contributed by atoms with E-state index in [1.54, 1.807) is 18.2 Å². The summed E-state index contributed by atoms with van der Waals surface area (Å²) in [6.07, 6.45) is 1.78. The minimum atomic E-state index is -0.163. The number of thioether (sulfide) groups is 1. The van der Waals surface area contributed by atoms with Gasteiger partial charge >= 0.3 is 0 Å². The number of halogens is 1. The summed E-state index contributed by atoms with van der Waals surface area (Å²) in [6, 6.07) is 7.43. The van der Waals surface area contributed by atoms with Crippen molar-refractivity contribution in [3.05, 3.63) is 49.7 Å². The highest BCUT2D eigenvalue weighted by Crippen LogP contribution is 2.36. The lowest BCUT2D eigenvalue weighted by Crippen LogP contribution is -2.39. The molecule has 1 fully saturated rings. The zero-order valence-electron chi connectivity index (χ0n) is 14.4. The molecule has 1 saturated heterocycles. The Kier molecular flexibility index (Phi) is 5.64. The highest BCUT2D eigenvalue weighted by atomic mass is 127. The summed E-state index contributed by atoms with van der Waals surface area (Å²) in [5.74, 6) is 0.345. The smallest absolute Gasteiger partial charge is 0.285 e. The highest BCUT2D eigenvalue weighted by molar-refractivity contribution is 14.1. The molecule has 0 radical (unpaired) electrons. The van der Waals surface area contributed by atoms with Crippen LogP contribution in [0.2, 0.25) is 0 Å². The number of carbonyl (C=O) groups is 1. The van der Waals surface area contributed by atoms with Crippen molar-refractivity contribution in [2.24, 2.45) is 0 Å². The maximum atomic E-state index is 12.9. The Hall–Kier alpha value is -1.52. The van der Waals surface area contributed by atoms with E-state index >= 15 is 0 Å². The fourth-order valence-electron chi connectivity index (χ4n) is 2.70. The third-order valence-corrected chi connectivity index (χ3v) is 5.96. The van der Waals surface area contributed by atoms with Crippen LogP contribution in [-0.4, -0.2) is 26.6 Å². The highest BCUT2D eigenvalue weighted by Gasteiger charge is 2.34. The van der Waals surface area contributed by atoms with Crippen molar-refractivity contribution < 1.29 is 14.6 Å². The van der Waals surface area contributed by atoms with Crippen molar-refractivity contribution in [3.63, 3.8) is 0 Å². The van der Waals surface area contributed by atoms with Crippen molar-refractivity contribution >= 4 is 62.9 Å². The van der Waals surface area contributed by atoms with Crippen LogP contribution in [0.5, 0.6) is 11.5 Å². The lowest BCUT2D eigenvalue weighted by Gasteiger charge is -2.20. The Balaban J connectivity index is 1.99. The Morgan fingerprint density at radius 3 is 2.58 bits per heavy atom. The number of rotatable bonds is 4. The van der Waals surface area contributed by atoms with Gasteiger partial charge in [-0.2, -0.15) is 5.01 Å². The van der Waals surface area contributed by atoms with E-state index in [2.05, 4.69) is 0 Å². The fourth-order valence-corrected chi connectivity index (χ4v) is 4.57. The number of aromatic nitrogens is 1. The van der Waals surface area contributed by atoms with E-state index < -0.39 is 0 Å². The molecule has 1 amide bonds. The van der Waals surface area contributed by atoms with Crippen LogP contribution in [0.15, 0.2) is 29.2 Å². The average Bonchev–Trinajstić information content (AvgIpc) is 3.04. The first-order valence-corrected chi connectivity index (χ1v) is 10.2. The van der Waals surface area contributed by atoms with E-state index in [1.165, 1.54) is 16.8 Å². The number of benzene rings is 1. The van der Waals surface area contributed by atoms with Gasteiger partial charge in [0.2, 0.25) is 0 Å². The normalized spacial score (nSPS) is 16.0. The first kappa shape index (κ1) is 19.2. The maximum absolute atomic E-state index is 12.9. The summed E-state index contributed by atoms with van der Waals surface area (Å²) < 4.78 is 8.44. The van der Waals surface area contributed by atoms with Gasteiger partial charge in [-0.1, -0.05) is 11.8 Å². The molecule has 0 spiro atoms. The summed E-state index contributed by atoms with van der Waals surface area (Å²) in [5, 5.41) is 11.6. The molecule has 8 heteroatoms. The minimum Gasteiger partial charge on any atom is -0.504 e. The van der Waals surface area contributed by atoms with Crippen LogP contribution in [0.1, 0.15) is 23.9 Å². The lowest BCUT2D eigenvalue weighted by atomic mass is 10.2. The Morgan fingerprint density at radius 1 is 1.31 bits per heavy atom. The third-order valence-electron chi connectivity index (χ3n) is 3.86. The molecule has 0 unspecified atom stereocenters. The molecule has 0 aliphatic carbocycles. The van der Waals surface area contributed by atoms with Crippen LogP contribution < -0.4 is 9.75 Å². The molecule has 5 nitrogen and oxygen atoms in total. The van der Waals surface area contributed by atoms with Gasteiger partial charge in [0.15, 0.2) is 15.8 Å². The minimum absolute atomic E-state index is 0.107. The number of hydrogen-bond donors (Lipinski definition) is 1. The Morgan fingerprint density at radius 2 is 1.96 bits per heavy atom. The van der Waals surface area contributed by atoms with Gasteiger partial charge in [0.1, 0.15) is 0 Å². The van der Waals surface area contributed by atoms with Crippen LogP contribution >= 0.6 is 46.6 Å². The summed E-state index contributed by atoms with van der Waals surface area (Å²) in [5.41, 5.74) is 2.66. The number of aromatic hydroxyl groups is 1. The predicted octanol–water partition coefficient (Wildman–Crippen LogP) is 4.35. The molecule has 1 N–H and O–H groups in total. The molecule has 0 bridgehead atoms. The number of aryl methyl sites for hydroxylation is 2. The number of carbonyl (C=O) groups excluding carboxylic acids is 1. The molecular weight excluding hydrogens is 483 g/mol. The molecular formula is C18H17IN2O3S2. The molecule has 26 heavy (non-hydrogen) atoms. The van der Waals surface area contributed by atoms with Gasteiger partial charge in [-0.3, -0.25) is 9.47 Å². The first-order valence-electron chi connectivity index (χ1n) is 7.92.